The molecule has 0 aromatic heterocycles. The lowest BCUT2D eigenvalue weighted by molar-refractivity contribution is 0.0698. The standard InChI is InChI=1S/C15H19ClN2O3/c16-11-6-7-13(12(10-11)14(19)20)17-15(21)18-8-4-2-1-3-5-9-18/h6-7,10H,1-5,8-9H2,(H,17,21)(H,19,20). The van der Waals surface area contributed by atoms with E-state index in [9.17, 15) is 14.7 Å². The summed E-state index contributed by atoms with van der Waals surface area (Å²) in [5.41, 5.74) is 0.279. The first-order valence-corrected chi connectivity index (χ1v) is 7.54. The lowest BCUT2D eigenvalue weighted by Crippen LogP contribution is -2.37. The summed E-state index contributed by atoms with van der Waals surface area (Å²) in [7, 11) is 0. The van der Waals surface area contributed by atoms with Gasteiger partial charge < -0.3 is 15.3 Å². The molecule has 1 aromatic carbocycles. The van der Waals surface area contributed by atoms with Gasteiger partial charge in [-0.15, -0.1) is 0 Å². The van der Waals surface area contributed by atoms with Crippen molar-refractivity contribution in [3.05, 3.63) is 28.8 Å². The fourth-order valence-corrected chi connectivity index (χ4v) is 2.62. The number of amides is 2. The molecule has 0 bridgehead atoms. The molecule has 1 aromatic rings. The van der Waals surface area contributed by atoms with Crippen molar-refractivity contribution in [2.45, 2.75) is 32.1 Å². The summed E-state index contributed by atoms with van der Waals surface area (Å²) < 4.78 is 0. The van der Waals surface area contributed by atoms with Crippen molar-refractivity contribution in [2.24, 2.45) is 0 Å². The molecule has 0 atom stereocenters. The fourth-order valence-electron chi connectivity index (χ4n) is 2.45. The quantitative estimate of drug-likeness (QED) is 0.872. The van der Waals surface area contributed by atoms with Crippen molar-refractivity contribution in [2.75, 3.05) is 18.4 Å². The molecule has 1 aliphatic rings. The number of hydrogen-bond acceptors (Lipinski definition) is 2. The number of likely N-dealkylation sites (tertiary alicyclic amines) is 1. The highest BCUT2D eigenvalue weighted by Crippen LogP contribution is 2.21. The Hall–Kier alpha value is -1.75. The van der Waals surface area contributed by atoms with E-state index in [1.807, 2.05) is 0 Å². The Morgan fingerprint density at radius 2 is 1.71 bits per heavy atom. The Bertz CT molecular complexity index is 526. The van der Waals surface area contributed by atoms with Gasteiger partial charge in [-0.3, -0.25) is 0 Å². The van der Waals surface area contributed by atoms with Gasteiger partial charge in [-0.25, -0.2) is 9.59 Å². The topological polar surface area (TPSA) is 69.6 Å². The van der Waals surface area contributed by atoms with E-state index in [4.69, 9.17) is 11.6 Å². The van der Waals surface area contributed by atoms with Gasteiger partial charge in [0.15, 0.2) is 0 Å². The van der Waals surface area contributed by atoms with Gasteiger partial charge in [0.2, 0.25) is 0 Å². The van der Waals surface area contributed by atoms with Crippen molar-refractivity contribution < 1.29 is 14.7 Å². The molecule has 0 unspecified atom stereocenters. The van der Waals surface area contributed by atoms with Gasteiger partial charge in [0.05, 0.1) is 11.3 Å². The number of anilines is 1. The minimum absolute atomic E-state index is 0.00268. The first-order valence-electron chi connectivity index (χ1n) is 7.16. The number of aromatic carboxylic acids is 1. The molecule has 0 spiro atoms. The molecule has 0 aliphatic carbocycles. The number of rotatable bonds is 2. The largest absolute Gasteiger partial charge is 0.478 e. The van der Waals surface area contributed by atoms with Gasteiger partial charge >= 0.3 is 12.0 Å². The summed E-state index contributed by atoms with van der Waals surface area (Å²) in [6.45, 7) is 1.42. The Morgan fingerprint density at radius 3 is 2.33 bits per heavy atom. The van der Waals surface area contributed by atoms with Gasteiger partial charge in [0, 0.05) is 18.1 Å². The number of hydrogen-bond donors (Lipinski definition) is 2. The zero-order valence-electron chi connectivity index (χ0n) is 11.8. The number of nitrogens with one attached hydrogen (secondary N) is 1. The molecule has 1 heterocycles. The predicted molar refractivity (Wildman–Crippen MR) is 82.1 cm³/mol. The van der Waals surface area contributed by atoms with Crippen LogP contribution in [0.5, 0.6) is 0 Å². The van der Waals surface area contributed by atoms with Crippen LogP contribution in [0.4, 0.5) is 10.5 Å². The third kappa shape index (κ3) is 4.36. The second-order valence-corrected chi connectivity index (χ2v) is 5.62. The van der Waals surface area contributed by atoms with Crippen molar-refractivity contribution in [3.8, 4) is 0 Å². The summed E-state index contributed by atoms with van der Waals surface area (Å²) in [6.07, 6.45) is 5.45. The highest BCUT2D eigenvalue weighted by Gasteiger charge is 2.18. The van der Waals surface area contributed by atoms with Crippen LogP contribution in [0, 0.1) is 0 Å². The number of halogens is 1. The van der Waals surface area contributed by atoms with Gasteiger partial charge in [-0.05, 0) is 31.0 Å². The highest BCUT2D eigenvalue weighted by molar-refractivity contribution is 6.31. The molecule has 21 heavy (non-hydrogen) atoms. The van der Waals surface area contributed by atoms with E-state index < -0.39 is 5.97 Å². The van der Waals surface area contributed by atoms with E-state index in [2.05, 4.69) is 5.32 Å². The third-order valence-corrected chi connectivity index (χ3v) is 3.83. The predicted octanol–water partition coefficient (Wildman–Crippen LogP) is 3.84. The van der Waals surface area contributed by atoms with Crippen LogP contribution in [0.1, 0.15) is 42.5 Å². The zero-order valence-corrected chi connectivity index (χ0v) is 12.5. The number of urea groups is 1. The van der Waals surface area contributed by atoms with Crippen molar-refractivity contribution in [1.29, 1.82) is 0 Å². The van der Waals surface area contributed by atoms with Crippen LogP contribution in [0.2, 0.25) is 5.02 Å². The van der Waals surface area contributed by atoms with Crippen LogP contribution < -0.4 is 5.32 Å². The third-order valence-electron chi connectivity index (χ3n) is 3.60. The molecule has 114 valence electrons. The number of carboxylic acid groups (broad SMARTS) is 1. The number of carbonyl (C=O) groups is 2. The van der Waals surface area contributed by atoms with Crippen molar-refractivity contribution >= 4 is 29.3 Å². The molecule has 1 aliphatic heterocycles. The monoisotopic (exact) mass is 310 g/mol. The number of benzene rings is 1. The Balaban J connectivity index is 2.09. The van der Waals surface area contributed by atoms with E-state index >= 15 is 0 Å². The molecule has 6 heteroatoms. The highest BCUT2D eigenvalue weighted by atomic mass is 35.5. The smallest absolute Gasteiger partial charge is 0.337 e. The average molecular weight is 311 g/mol. The van der Waals surface area contributed by atoms with Crippen LogP contribution in [-0.2, 0) is 0 Å². The van der Waals surface area contributed by atoms with E-state index in [0.29, 0.717) is 18.1 Å². The van der Waals surface area contributed by atoms with Crippen LogP contribution in [0.15, 0.2) is 18.2 Å². The molecule has 2 rings (SSSR count). The molecule has 2 N–H and O–H groups in total. The number of carbonyl (C=O) groups excluding carboxylic acids is 1. The normalized spacial score (nSPS) is 16.0. The fraction of sp³-hybridized carbons (Fsp3) is 0.467. The molecule has 0 radical (unpaired) electrons. The van der Waals surface area contributed by atoms with Crippen LogP contribution >= 0.6 is 11.6 Å². The minimum atomic E-state index is -1.11. The summed E-state index contributed by atoms with van der Waals surface area (Å²) in [4.78, 5) is 25.2. The summed E-state index contributed by atoms with van der Waals surface area (Å²) in [6, 6.07) is 4.18. The molecular formula is C15H19ClN2O3. The van der Waals surface area contributed by atoms with Crippen LogP contribution in [0.25, 0.3) is 0 Å². The molecule has 1 saturated heterocycles. The summed E-state index contributed by atoms with van der Waals surface area (Å²) in [5, 5.41) is 12.2. The van der Waals surface area contributed by atoms with E-state index in [1.165, 1.54) is 18.6 Å². The lowest BCUT2D eigenvalue weighted by Gasteiger charge is -2.25. The van der Waals surface area contributed by atoms with E-state index in [0.717, 1.165) is 25.7 Å². The van der Waals surface area contributed by atoms with Crippen LogP contribution in [0.3, 0.4) is 0 Å². The molecule has 1 fully saturated rings. The van der Waals surface area contributed by atoms with E-state index in [1.54, 1.807) is 11.0 Å². The molecular weight excluding hydrogens is 292 g/mol. The maximum absolute atomic E-state index is 12.3. The summed E-state index contributed by atoms with van der Waals surface area (Å²) in [5.74, 6) is -1.11. The molecule has 2 amide bonds. The Morgan fingerprint density at radius 1 is 1.10 bits per heavy atom. The summed E-state index contributed by atoms with van der Waals surface area (Å²) >= 11 is 5.80. The molecule has 0 saturated carbocycles. The Labute approximate surface area is 128 Å². The number of nitrogens with zero attached hydrogens (tertiary/aromatic N) is 1. The van der Waals surface area contributed by atoms with E-state index in [-0.39, 0.29) is 17.3 Å². The first-order chi connectivity index (χ1) is 10.1. The lowest BCUT2D eigenvalue weighted by atomic mass is 10.1. The average Bonchev–Trinajstić information content (AvgIpc) is 2.40. The first kappa shape index (κ1) is 15.6. The second-order valence-electron chi connectivity index (χ2n) is 5.18. The Kier molecular flexibility index (Phi) is 5.44. The zero-order chi connectivity index (χ0) is 15.2. The van der Waals surface area contributed by atoms with Gasteiger partial charge in [0.25, 0.3) is 0 Å². The van der Waals surface area contributed by atoms with Gasteiger partial charge in [0.1, 0.15) is 0 Å². The number of carboxylic acids is 1. The second kappa shape index (κ2) is 7.31. The molecule has 5 nitrogen and oxygen atoms in total. The van der Waals surface area contributed by atoms with Gasteiger partial charge in [-0.2, -0.15) is 0 Å². The van der Waals surface area contributed by atoms with Crippen molar-refractivity contribution in [1.82, 2.24) is 4.90 Å². The van der Waals surface area contributed by atoms with Crippen LogP contribution in [-0.4, -0.2) is 35.1 Å². The maximum Gasteiger partial charge on any atom is 0.337 e. The SMILES string of the molecule is O=C(O)c1cc(Cl)ccc1NC(=O)N1CCCCCCC1. The van der Waals surface area contributed by atoms with Crippen molar-refractivity contribution in [3.63, 3.8) is 0 Å². The van der Waals surface area contributed by atoms with Gasteiger partial charge in [-0.1, -0.05) is 30.9 Å². The minimum Gasteiger partial charge on any atom is -0.478 e. The maximum atomic E-state index is 12.3.